The van der Waals surface area contributed by atoms with Crippen molar-refractivity contribution in [3.63, 3.8) is 0 Å². The largest absolute Gasteiger partial charge is 0.373 e. The molecule has 0 N–H and O–H groups in total. The number of rotatable bonds is 5. The summed E-state index contributed by atoms with van der Waals surface area (Å²) < 4.78 is 30.8. The molecule has 0 amide bonds. The molecule has 0 aliphatic heterocycles. The molecule has 0 radical (unpaired) electrons. The van der Waals surface area contributed by atoms with Gasteiger partial charge in [-0.15, -0.1) is 29.8 Å². The molecule has 10 nitrogen and oxygen atoms in total. The Kier molecular flexibility index (Phi) is 6.15. The number of para-hydroxylation sites is 2. The zero-order valence-electron chi connectivity index (χ0n) is 26.3. The molecule has 0 saturated carbocycles. The second kappa shape index (κ2) is 11.2. The molecule has 0 aliphatic carbocycles. The first kappa shape index (κ1) is 24.8. The van der Waals surface area contributed by atoms with E-state index < -0.39 is 12.7 Å². The van der Waals surface area contributed by atoms with E-state index in [1.54, 1.807) is 53.2 Å². The van der Waals surface area contributed by atoms with Crippen molar-refractivity contribution >= 4 is 22.3 Å². The van der Waals surface area contributed by atoms with Crippen molar-refractivity contribution in [1.29, 1.82) is 0 Å². The summed E-state index contributed by atoms with van der Waals surface area (Å²) in [4.78, 5) is 42.3. The van der Waals surface area contributed by atoms with Crippen molar-refractivity contribution in [2.24, 2.45) is 6.98 Å². The molecule has 222 valence electrons. The van der Waals surface area contributed by atoms with Crippen molar-refractivity contribution < 1.29 is 25.2 Å². The molecule has 8 aromatic rings. The molecule has 0 bridgehead atoms. The number of hydrogen-bond acceptors (Lipinski definition) is 5. The number of fused-ring (bicyclic) bond motifs is 2. The van der Waals surface area contributed by atoms with Crippen LogP contribution >= 0.6 is 0 Å². The maximum absolute atomic E-state index is 14.5. The Morgan fingerprint density at radius 3 is 1.96 bits per heavy atom. The topological polar surface area (TPSA) is 97.5 Å². The molecule has 0 aliphatic rings. The molecule has 3 aromatic carbocycles. The Balaban J connectivity index is 0.00000364. The number of nitrogens with zero attached hydrogens (tertiary/aromatic N) is 8. The third-order valence-corrected chi connectivity index (χ3v) is 7.42. The Morgan fingerprint density at radius 1 is 0.667 bits per heavy atom. The minimum atomic E-state index is -2.47. The van der Waals surface area contributed by atoms with E-state index in [1.807, 2.05) is 60.7 Å². The van der Waals surface area contributed by atoms with E-state index in [1.165, 1.54) is 26.1 Å². The van der Waals surface area contributed by atoms with Crippen LogP contribution in [-0.4, -0.2) is 37.8 Å². The van der Waals surface area contributed by atoms with Crippen molar-refractivity contribution in [3.8, 4) is 34.3 Å². The van der Waals surface area contributed by atoms with E-state index in [2.05, 4.69) is 16.0 Å². The molecule has 0 saturated heterocycles. The molecule has 5 aromatic heterocycles. The standard InChI is InChI=1S/C34H23N8O2.Pt/c1-38-20-19-36-30(38)23-11-10-16-26(21-23)41-31-27(39(33(41)43)24-12-4-2-5-13-24)22-28-32(37-31)42(29-17-8-9-18-35-29)34(44)40(28)25-14-6-3-7-15-25;/h2-20,22H,1H3;/q-1;/i1D3;. The van der Waals surface area contributed by atoms with Gasteiger partial charge in [-0.1, -0.05) is 42.5 Å². The zero-order chi connectivity index (χ0) is 32.3. The van der Waals surface area contributed by atoms with Crippen LogP contribution in [0.3, 0.4) is 0 Å². The van der Waals surface area contributed by atoms with Crippen LogP contribution in [0.4, 0.5) is 0 Å². The summed E-state index contributed by atoms with van der Waals surface area (Å²) in [7, 11) is 0. The molecule has 45 heavy (non-hydrogen) atoms. The van der Waals surface area contributed by atoms with E-state index in [4.69, 9.17) is 9.10 Å². The third-order valence-electron chi connectivity index (χ3n) is 7.42. The summed E-state index contributed by atoms with van der Waals surface area (Å²) in [6, 6.07) is 33.6. The maximum atomic E-state index is 14.5. The fourth-order valence-corrected chi connectivity index (χ4v) is 5.50. The predicted molar refractivity (Wildman–Crippen MR) is 168 cm³/mol. The molecule has 5 heterocycles. The van der Waals surface area contributed by atoms with Crippen LogP contribution in [0.15, 0.2) is 131 Å². The molecular formula is C34H23N8O2Pt-. The number of aryl methyl sites for hydroxylation is 1. The average molecular weight is 774 g/mol. The predicted octanol–water partition coefficient (Wildman–Crippen LogP) is 4.86. The van der Waals surface area contributed by atoms with Crippen LogP contribution < -0.4 is 11.4 Å². The van der Waals surface area contributed by atoms with Gasteiger partial charge in [-0.25, -0.2) is 24.1 Å². The first-order valence-electron chi connectivity index (χ1n) is 15.2. The first-order chi connectivity index (χ1) is 22.8. The van der Waals surface area contributed by atoms with Gasteiger partial charge >= 0.3 is 11.4 Å². The van der Waals surface area contributed by atoms with Crippen LogP contribution in [-0.2, 0) is 28.0 Å². The van der Waals surface area contributed by atoms with Gasteiger partial charge in [0.1, 0.15) is 5.82 Å². The van der Waals surface area contributed by atoms with E-state index in [0.717, 1.165) is 4.57 Å². The number of aromatic nitrogens is 8. The quantitative estimate of drug-likeness (QED) is 0.233. The second-order valence-electron chi connectivity index (χ2n) is 10.0. The molecular weight excluding hydrogens is 748 g/mol. The Hall–Kier alpha value is -5.60. The Morgan fingerprint density at radius 2 is 1.31 bits per heavy atom. The SMILES string of the molecule is [2H]C([2H])([2H])n1ccnc1-c1[c-]c(-n2c(=O)n(-c3ccccc3)c3cc4c(nc32)n(-c2ccccn2)c(=O)n4-c2ccccc2)ccc1.[Pt]. The average Bonchev–Trinajstić information content (AvgIpc) is 3.77. The van der Waals surface area contributed by atoms with Gasteiger partial charge in [-0.2, -0.15) is 0 Å². The van der Waals surface area contributed by atoms with Crippen LogP contribution in [0.5, 0.6) is 0 Å². The zero-order valence-corrected chi connectivity index (χ0v) is 25.5. The van der Waals surface area contributed by atoms with E-state index in [0.29, 0.717) is 39.5 Å². The van der Waals surface area contributed by atoms with Gasteiger partial charge in [-0.3, -0.25) is 18.7 Å². The van der Waals surface area contributed by atoms with Gasteiger partial charge in [0, 0.05) is 50.7 Å². The summed E-state index contributed by atoms with van der Waals surface area (Å²) in [5.74, 6) is 0.538. The van der Waals surface area contributed by atoms with Gasteiger partial charge in [0.05, 0.1) is 28.2 Å². The fourth-order valence-electron chi connectivity index (χ4n) is 5.50. The minimum Gasteiger partial charge on any atom is -0.373 e. The van der Waals surface area contributed by atoms with Crippen molar-refractivity contribution in [1.82, 2.24) is 37.8 Å². The van der Waals surface area contributed by atoms with Crippen LogP contribution in [0.25, 0.3) is 56.6 Å². The summed E-state index contributed by atoms with van der Waals surface area (Å²) in [6.45, 7) is -2.47. The molecule has 0 spiro atoms. The Bertz CT molecular complexity index is 2550. The molecule has 0 atom stereocenters. The minimum absolute atomic E-state index is 0. The van der Waals surface area contributed by atoms with Crippen LogP contribution in [0.1, 0.15) is 4.11 Å². The number of pyridine rings is 2. The van der Waals surface area contributed by atoms with Crippen molar-refractivity contribution in [3.05, 3.63) is 149 Å². The number of imidazole rings is 3. The van der Waals surface area contributed by atoms with Crippen molar-refractivity contribution in [2.45, 2.75) is 0 Å². The van der Waals surface area contributed by atoms with Crippen LogP contribution in [0.2, 0.25) is 0 Å². The van der Waals surface area contributed by atoms with Crippen molar-refractivity contribution in [2.75, 3.05) is 0 Å². The first-order valence-corrected chi connectivity index (χ1v) is 13.7. The number of hydrogen-bond donors (Lipinski definition) is 0. The van der Waals surface area contributed by atoms with Gasteiger partial charge in [0.2, 0.25) is 0 Å². The molecule has 0 unspecified atom stereocenters. The van der Waals surface area contributed by atoms with Gasteiger partial charge < -0.3 is 4.57 Å². The van der Waals surface area contributed by atoms with E-state index >= 15 is 0 Å². The summed E-state index contributed by atoms with van der Waals surface area (Å²) in [5, 5.41) is 0. The summed E-state index contributed by atoms with van der Waals surface area (Å²) in [6.07, 6.45) is 4.38. The summed E-state index contributed by atoms with van der Waals surface area (Å²) in [5.41, 5.74) is 2.55. The monoisotopic (exact) mass is 773 g/mol. The van der Waals surface area contributed by atoms with Gasteiger partial charge in [0.25, 0.3) is 0 Å². The van der Waals surface area contributed by atoms with Crippen LogP contribution in [0, 0.1) is 6.07 Å². The third kappa shape index (κ3) is 4.49. The second-order valence-corrected chi connectivity index (χ2v) is 10.0. The Labute approximate surface area is 274 Å². The number of benzene rings is 3. The smallest absolute Gasteiger partial charge is 0.340 e. The summed E-state index contributed by atoms with van der Waals surface area (Å²) >= 11 is 0. The molecule has 8 rings (SSSR count). The van der Waals surface area contributed by atoms with Gasteiger partial charge in [0.15, 0.2) is 11.3 Å². The fraction of sp³-hybridized carbons (Fsp3) is 0.0294. The van der Waals surface area contributed by atoms with Gasteiger partial charge in [-0.05, 0) is 48.2 Å². The molecule has 11 heteroatoms. The maximum Gasteiger partial charge on any atom is 0.340 e. The molecule has 0 fully saturated rings. The van der Waals surface area contributed by atoms with E-state index in [9.17, 15) is 9.59 Å². The van der Waals surface area contributed by atoms with E-state index in [-0.39, 0.29) is 43.9 Å². The normalized spacial score (nSPS) is 12.5.